The van der Waals surface area contributed by atoms with E-state index in [0.717, 1.165) is 50.9 Å². The number of aromatic nitrogens is 2. The Labute approximate surface area is 168 Å². The van der Waals surface area contributed by atoms with Crippen molar-refractivity contribution in [2.45, 2.75) is 89.1 Å². The van der Waals surface area contributed by atoms with Gasteiger partial charge >= 0.3 is 0 Å². The van der Waals surface area contributed by atoms with Gasteiger partial charge in [-0.15, -0.1) is 0 Å². The van der Waals surface area contributed by atoms with Crippen molar-refractivity contribution in [1.82, 2.24) is 15.1 Å². The highest BCUT2D eigenvalue weighted by Crippen LogP contribution is 2.62. The average Bonchev–Trinajstić information content (AvgIpc) is 3.09. The van der Waals surface area contributed by atoms with E-state index in [2.05, 4.69) is 35.0 Å². The molecule has 154 valence electrons. The second-order valence-electron chi connectivity index (χ2n) is 10.9. The lowest BCUT2D eigenvalue weighted by Crippen LogP contribution is -2.56. The molecule has 2 N–H and O–H groups in total. The fraction of sp³-hybridized carbons (Fsp3) is 0.826. The number of H-pyrrole nitrogens is 1. The van der Waals surface area contributed by atoms with Crippen molar-refractivity contribution in [2.75, 3.05) is 13.1 Å². The lowest BCUT2D eigenvalue weighted by atomic mass is 9.47. The second kappa shape index (κ2) is 6.58. The van der Waals surface area contributed by atoms with Crippen molar-refractivity contribution in [1.29, 1.82) is 0 Å². The van der Waals surface area contributed by atoms with E-state index in [1.807, 2.05) is 0 Å². The Hall–Kier alpha value is -1.36. The Kier molecular flexibility index (Phi) is 4.38. The standard InChI is InChI=1S/C23H35N3O2/c1-15(2)19-8-20(25-24-19)18-3-5-26(6-4-18)21(27)13-22-9-16-7-17(10-22)12-23(28,11-16)14-22/h8,15-18,28H,3-7,9-14H2,1-2H3,(H,24,25)/t16-,17-,22?,23?/m0/s1. The zero-order valence-electron chi connectivity index (χ0n) is 17.4. The van der Waals surface area contributed by atoms with E-state index in [4.69, 9.17) is 0 Å². The minimum atomic E-state index is -0.466. The van der Waals surface area contributed by atoms with Crippen LogP contribution in [-0.4, -0.2) is 44.8 Å². The van der Waals surface area contributed by atoms with E-state index < -0.39 is 5.60 Å². The van der Waals surface area contributed by atoms with Gasteiger partial charge in [0, 0.05) is 31.1 Å². The van der Waals surface area contributed by atoms with Crippen LogP contribution in [0.25, 0.3) is 0 Å². The van der Waals surface area contributed by atoms with Crippen LogP contribution in [0.3, 0.4) is 0 Å². The summed E-state index contributed by atoms with van der Waals surface area (Å²) < 4.78 is 0. The fourth-order valence-corrected chi connectivity index (χ4v) is 7.34. The third-order valence-electron chi connectivity index (χ3n) is 8.17. The third-order valence-corrected chi connectivity index (χ3v) is 8.17. The van der Waals surface area contributed by atoms with Crippen molar-refractivity contribution in [2.24, 2.45) is 17.3 Å². The molecule has 28 heavy (non-hydrogen) atoms. The maximum Gasteiger partial charge on any atom is 0.223 e. The van der Waals surface area contributed by atoms with Crippen LogP contribution in [0.5, 0.6) is 0 Å². The van der Waals surface area contributed by atoms with Gasteiger partial charge in [0.15, 0.2) is 0 Å². The summed E-state index contributed by atoms with van der Waals surface area (Å²) in [6, 6.07) is 2.21. The van der Waals surface area contributed by atoms with Gasteiger partial charge in [-0.3, -0.25) is 9.89 Å². The summed E-state index contributed by atoms with van der Waals surface area (Å²) in [7, 11) is 0. The minimum absolute atomic E-state index is 0.0856. The quantitative estimate of drug-likeness (QED) is 0.824. The number of aliphatic hydroxyl groups is 1. The summed E-state index contributed by atoms with van der Waals surface area (Å²) in [5.74, 6) is 2.57. The molecule has 0 radical (unpaired) electrons. The molecule has 5 fully saturated rings. The number of hydrogen-bond donors (Lipinski definition) is 2. The second-order valence-corrected chi connectivity index (χ2v) is 10.9. The van der Waals surface area contributed by atoms with E-state index in [1.54, 1.807) is 0 Å². The maximum atomic E-state index is 13.1. The fourth-order valence-electron chi connectivity index (χ4n) is 7.34. The average molecular weight is 386 g/mol. The van der Waals surface area contributed by atoms with E-state index in [-0.39, 0.29) is 5.41 Å². The van der Waals surface area contributed by atoms with Crippen molar-refractivity contribution in [3.63, 3.8) is 0 Å². The molecule has 1 saturated heterocycles. The molecule has 5 heteroatoms. The molecule has 4 bridgehead atoms. The number of rotatable bonds is 4. The third kappa shape index (κ3) is 3.30. The number of amides is 1. The topological polar surface area (TPSA) is 69.2 Å². The Morgan fingerprint density at radius 1 is 1.25 bits per heavy atom. The lowest BCUT2D eigenvalue weighted by Gasteiger charge is -2.60. The predicted molar refractivity (Wildman–Crippen MR) is 108 cm³/mol. The summed E-state index contributed by atoms with van der Waals surface area (Å²) in [5.41, 5.74) is 1.99. The lowest BCUT2D eigenvalue weighted by molar-refractivity contribution is -0.172. The largest absolute Gasteiger partial charge is 0.390 e. The number of nitrogens with one attached hydrogen (secondary N) is 1. The molecule has 1 aromatic heterocycles. The van der Waals surface area contributed by atoms with Gasteiger partial charge in [-0.25, -0.2) is 0 Å². The molecule has 1 amide bonds. The van der Waals surface area contributed by atoms with E-state index in [1.165, 1.54) is 25.0 Å². The van der Waals surface area contributed by atoms with Gasteiger partial charge in [0.25, 0.3) is 0 Å². The number of piperidine rings is 1. The van der Waals surface area contributed by atoms with Crippen LogP contribution in [0.15, 0.2) is 6.07 Å². The van der Waals surface area contributed by atoms with Crippen molar-refractivity contribution in [3.05, 3.63) is 17.5 Å². The smallest absolute Gasteiger partial charge is 0.223 e. The van der Waals surface area contributed by atoms with Crippen molar-refractivity contribution < 1.29 is 9.90 Å². The summed E-state index contributed by atoms with van der Waals surface area (Å²) >= 11 is 0. The van der Waals surface area contributed by atoms with Crippen molar-refractivity contribution >= 4 is 5.91 Å². The molecule has 0 aromatic carbocycles. The highest BCUT2D eigenvalue weighted by Gasteiger charge is 2.57. The summed E-state index contributed by atoms with van der Waals surface area (Å²) in [6.45, 7) is 6.05. The molecular formula is C23H35N3O2. The van der Waals surface area contributed by atoms with Gasteiger partial charge in [-0.2, -0.15) is 5.10 Å². The Balaban J connectivity index is 1.20. The molecule has 2 heterocycles. The zero-order chi connectivity index (χ0) is 19.5. The van der Waals surface area contributed by atoms with Gasteiger partial charge in [-0.1, -0.05) is 13.8 Å². The highest BCUT2D eigenvalue weighted by molar-refractivity contribution is 5.77. The first-order valence-corrected chi connectivity index (χ1v) is 11.4. The Morgan fingerprint density at radius 3 is 2.50 bits per heavy atom. The first kappa shape index (κ1) is 18.7. The molecular weight excluding hydrogens is 350 g/mol. The van der Waals surface area contributed by atoms with E-state index in [0.29, 0.717) is 36.0 Å². The summed E-state index contributed by atoms with van der Waals surface area (Å²) in [5, 5.41) is 18.6. The van der Waals surface area contributed by atoms with E-state index >= 15 is 0 Å². The molecule has 0 unspecified atom stereocenters. The molecule has 4 saturated carbocycles. The molecule has 2 atom stereocenters. The normalized spacial score (nSPS) is 37.8. The number of hydrogen-bond acceptors (Lipinski definition) is 3. The van der Waals surface area contributed by atoms with Crippen LogP contribution in [-0.2, 0) is 4.79 Å². The molecule has 5 nitrogen and oxygen atoms in total. The van der Waals surface area contributed by atoms with Crippen LogP contribution in [0.2, 0.25) is 0 Å². The monoisotopic (exact) mass is 385 g/mol. The van der Waals surface area contributed by atoms with Crippen LogP contribution in [0.4, 0.5) is 0 Å². The van der Waals surface area contributed by atoms with Gasteiger partial charge in [0.1, 0.15) is 0 Å². The van der Waals surface area contributed by atoms with Crippen LogP contribution in [0, 0.1) is 17.3 Å². The number of carbonyl (C=O) groups is 1. The Bertz CT molecular complexity index is 733. The van der Waals surface area contributed by atoms with Crippen molar-refractivity contribution in [3.8, 4) is 0 Å². The van der Waals surface area contributed by atoms with Crippen LogP contribution in [0.1, 0.15) is 94.9 Å². The number of aromatic amines is 1. The van der Waals surface area contributed by atoms with Crippen LogP contribution < -0.4 is 0 Å². The summed E-state index contributed by atoms with van der Waals surface area (Å²) in [4.78, 5) is 15.2. The zero-order valence-corrected chi connectivity index (χ0v) is 17.4. The molecule has 0 spiro atoms. The predicted octanol–water partition coefficient (Wildman–Crippen LogP) is 3.96. The summed E-state index contributed by atoms with van der Waals surface area (Å²) in [6.07, 6.45) is 9.14. The maximum absolute atomic E-state index is 13.1. The van der Waals surface area contributed by atoms with Gasteiger partial charge < -0.3 is 10.0 Å². The molecule has 1 aliphatic heterocycles. The number of nitrogens with zero attached hydrogens (tertiary/aromatic N) is 2. The number of carbonyl (C=O) groups excluding carboxylic acids is 1. The molecule has 5 aliphatic rings. The highest BCUT2D eigenvalue weighted by atomic mass is 16.3. The van der Waals surface area contributed by atoms with Gasteiger partial charge in [0.2, 0.25) is 5.91 Å². The molecule has 1 aromatic rings. The van der Waals surface area contributed by atoms with Gasteiger partial charge in [0.05, 0.1) is 11.3 Å². The minimum Gasteiger partial charge on any atom is -0.390 e. The number of likely N-dealkylation sites (tertiary alicyclic amines) is 1. The SMILES string of the molecule is CC(C)c1cc(C2CCN(C(=O)CC34C[C@@H]5C[C@H](CC(O)(C5)C3)C4)CC2)[nH]n1. The first-order chi connectivity index (χ1) is 13.3. The van der Waals surface area contributed by atoms with E-state index in [9.17, 15) is 9.90 Å². The molecule has 6 rings (SSSR count). The van der Waals surface area contributed by atoms with Gasteiger partial charge in [-0.05, 0) is 80.6 Å². The Morgan fingerprint density at radius 2 is 1.93 bits per heavy atom. The molecule has 4 aliphatic carbocycles. The first-order valence-electron chi connectivity index (χ1n) is 11.4. The van der Waals surface area contributed by atoms with Crippen LogP contribution >= 0.6 is 0 Å².